The third-order valence-corrected chi connectivity index (χ3v) is 3.58. The molecule has 1 aromatic carbocycles. The second-order valence-electron chi connectivity index (χ2n) is 6.13. The fraction of sp³-hybridized carbons (Fsp3) is 0.526. The van der Waals surface area contributed by atoms with Crippen LogP contribution in [0.15, 0.2) is 29.4 Å². The fourth-order valence-electron chi connectivity index (χ4n) is 2.12. The topological polar surface area (TPSA) is 164 Å². The first-order valence-electron chi connectivity index (χ1n) is 9.69. The van der Waals surface area contributed by atoms with E-state index >= 15 is 0 Å². The Morgan fingerprint density at radius 1 is 0.935 bits per heavy atom. The maximum absolute atomic E-state index is 12.1. The van der Waals surface area contributed by atoms with Crippen molar-refractivity contribution in [2.24, 2.45) is 5.11 Å². The van der Waals surface area contributed by atoms with Gasteiger partial charge in [0.05, 0.1) is 46.2 Å². The Bertz CT molecular complexity index is 736. The van der Waals surface area contributed by atoms with Gasteiger partial charge < -0.3 is 30.2 Å². The molecule has 0 saturated carbocycles. The summed E-state index contributed by atoms with van der Waals surface area (Å²) in [6, 6.07) is 5.86. The number of nitrogens with one attached hydrogen (secondary N) is 3. The number of hydrogen-bond donors (Lipinski definition) is 3. The molecule has 31 heavy (non-hydrogen) atoms. The van der Waals surface area contributed by atoms with Crippen molar-refractivity contribution >= 4 is 23.4 Å². The van der Waals surface area contributed by atoms with Crippen molar-refractivity contribution in [2.45, 2.75) is 6.92 Å². The molecule has 0 spiro atoms. The molecule has 0 fully saturated rings. The Labute approximate surface area is 180 Å². The first-order valence-corrected chi connectivity index (χ1v) is 9.69. The fourth-order valence-corrected chi connectivity index (χ4v) is 2.12. The molecule has 0 unspecified atom stereocenters. The number of anilines is 1. The van der Waals surface area contributed by atoms with Gasteiger partial charge in [0.1, 0.15) is 5.78 Å². The van der Waals surface area contributed by atoms with Crippen molar-refractivity contribution in [3.8, 4) is 0 Å². The maximum Gasteiger partial charge on any atom is 0.319 e. The van der Waals surface area contributed by atoms with E-state index in [1.54, 1.807) is 24.3 Å². The number of urea groups is 1. The molecule has 0 bridgehead atoms. The number of hydrogen-bond acceptors (Lipinski definition) is 7. The molecule has 12 heteroatoms. The van der Waals surface area contributed by atoms with Crippen LogP contribution >= 0.6 is 0 Å². The summed E-state index contributed by atoms with van der Waals surface area (Å²) in [5.41, 5.74) is 9.04. The van der Waals surface area contributed by atoms with Gasteiger partial charge in [0.25, 0.3) is 5.91 Å². The van der Waals surface area contributed by atoms with E-state index in [0.29, 0.717) is 64.0 Å². The number of amides is 3. The first kappa shape index (κ1) is 25.9. The zero-order chi connectivity index (χ0) is 22.7. The van der Waals surface area contributed by atoms with Gasteiger partial charge in [-0.2, -0.15) is 0 Å². The zero-order valence-electron chi connectivity index (χ0n) is 17.5. The van der Waals surface area contributed by atoms with Gasteiger partial charge in [0.15, 0.2) is 0 Å². The predicted octanol–water partition coefficient (Wildman–Crippen LogP) is 1.49. The SMILES string of the molecule is CC(=O)CNC(=O)Nc1ccc(C(=O)NCCOCCOCCOCCN=[N+]=[N-])cc1. The Kier molecular flexibility index (Phi) is 13.8. The molecular formula is C19H28N6O6. The van der Waals surface area contributed by atoms with Gasteiger partial charge in [-0.15, -0.1) is 0 Å². The van der Waals surface area contributed by atoms with Crippen LogP contribution in [0.1, 0.15) is 17.3 Å². The first-order chi connectivity index (χ1) is 15.0. The Morgan fingerprint density at radius 2 is 1.55 bits per heavy atom. The van der Waals surface area contributed by atoms with E-state index in [1.165, 1.54) is 6.92 Å². The molecule has 0 aliphatic heterocycles. The summed E-state index contributed by atoms with van der Waals surface area (Å²) in [6.45, 7) is 4.29. The van der Waals surface area contributed by atoms with Crippen molar-refractivity contribution in [3.05, 3.63) is 40.3 Å². The summed E-state index contributed by atoms with van der Waals surface area (Å²) in [4.78, 5) is 37.1. The number of carbonyl (C=O) groups is 3. The second-order valence-corrected chi connectivity index (χ2v) is 6.13. The molecular weight excluding hydrogens is 408 g/mol. The minimum atomic E-state index is -0.494. The lowest BCUT2D eigenvalue weighted by Crippen LogP contribution is -2.32. The van der Waals surface area contributed by atoms with Crippen LogP contribution in [-0.4, -0.2) is 77.0 Å². The molecule has 0 radical (unpaired) electrons. The number of ketones is 1. The summed E-state index contributed by atoms with van der Waals surface area (Å²) < 4.78 is 15.9. The molecule has 0 aliphatic carbocycles. The molecule has 12 nitrogen and oxygen atoms in total. The highest BCUT2D eigenvalue weighted by Gasteiger charge is 2.06. The van der Waals surface area contributed by atoms with Gasteiger partial charge in [-0.05, 0) is 36.7 Å². The largest absolute Gasteiger partial charge is 0.379 e. The van der Waals surface area contributed by atoms with Crippen molar-refractivity contribution in [1.82, 2.24) is 10.6 Å². The molecule has 0 saturated heterocycles. The number of carbonyl (C=O) groups excluding carboxylic acids is 3. The van der Waals surface area contributed by atoms with Gasteiger partial charge in [-0.1, -0.05) is 5.11 Å². The molecule has 0 heterocycles. The summed E-state index contributed by atoms with van der Waals surface area (Å²) in [5, 5.41) is 11.1. The number of azide groups is 1. The van der Waals surface area contributed by atoms with E-state index < -0.39 is 6.03 Å². The third-order valence-electron chi connectivity index (χ3n) is 3.58. The molecule has 3 N–H and O–H groups in total. The van der Waals surface area contributed by atoms with Gasteiger partial charge in [-0.25, -0.2) is 4.79 Å². The Hall–Kier alpha value is -3.18. The van der Waals surface area contributed by atoms with Crippen LogP contribution in [0.2, 0.25) is 0 Å². The van der Waals surface area contributed by atoms with Crippen LogP contribution in [0.25, 0.3) is 10.4 Å². The number of ether oxygens (including phenoxy) is 3. The van der Waals surface area contributed by atoms with Crippen LogP contribution in [0.4, 0.5) is 10.5 Å². The lowest BCUT2D eigenvalue weighted by molar-refractivity contribution is -0.116. The second kappa shape index (κ2) is 16.6. The highest BCUT2D eigenvalue weighted by atomic mass is 16.5. The lowest BCUT2D eigenvalue weighted by atomic mass is 10.2. The van der Waals surface area contributed by atoms with E-state index in [0.717, 1.165) is 0 Å². The predicted molar refractivity (Wildman–Crippen MR) is 113 cm³/mol. The highest BCUT2D eigenvalue weighted by Crippen LogP contribution is 2.09. The van der Waals surface area contributed by atoms with Crippen LogP contribution in [0, 0.1) is 0 Å². The minimum Gasteiger partial charge on any atom is -0.379 e. The normalized spacial score (nSPS) is 10.1. The van der Waals surface area contributed by atoms with Crippen molar-refractivity contribution in [1.29, 1.82) is 0 Å². The van der Waals surface area contributed by atoms with Gasteiger partial charge in [-0.3, -0.25) is 9.59 Å². The average molecular weight is 436 g/mol. The molecule has 1 aromatic rings. The van der Waals surface area contributed by atoms with E-state index in [9.17, 15) is 14.4 Å². The summed E-state index contributed by atoms with van der Waals surface area (Å²) >= 11 is 0. The maximum atomic E-state index is 12.1. The number of Topliss-reactive ketones (excluding diaryl/α,β-unsaturated/α-hetero) is 1. The van der Waals surface area contributed by atoms with Gasteiger partial charge in [0, 0.05) is 29.3 Å². The lowest BCUT2D eigenvalue weighted by Gasteiger charge is -2.09. The average Bonchev–Trinajstić information content (AvgIpc) is 2.76. The molecule has 0 aliphatic rings. The zero-order valence-corrected chi connectivity index (χ0v) is 17.5. The summed E-state index contributed by atoms with van der Waals surface area (Å²) in [5.74, 6) is -0.408. The number of rotatable bonds is 16. The van der Waals surface area contributed by atoms with Gasteiger partial charge >= 0.3 is 6.03 Å². The van der Waals surface area contributed by atoms with Crippen LogP contribution < -0.4 is 16.0 Å². The van der Waals surface area contributed by atoms with Crippen molar-refractivity contribution in [3.63, 3.8) is 0 Å². The van der Waals surface area contributed by atoms with Crippen LogP contribution in [0.3, 0.4) is 0 Å². The van der Waals surface area contributed by atoms with E-state index in [-0.39, 0.29) is 18.2 Å². The number of benzene rings is 1. The third kappa shape index (κ3) is 13.6. The Morgan fingerprint density at radius 3 is 2.16 bits per heavy atom. The van der Waals surface area contributed by atoms with E-state index in [2.05, 4.69) is 26.0 Å². The molecule has 170 valence electrons. The van der Waals surface area contributed by atoms with Crippen LogP contribution in [0.5, 0.6) is 0 Å². The quantitative estimate of drug-likeness (QED) is 0.154. The van der Waals surface area contributed by atoms with E-state index in [4.69, 9.17) is 19.7 Å². The van der Waals surface area contributed by atoms with Crippen LogP contribution in [-0.2, 0) is 19.0 Å². The summed E-state index contributed by atoms with van der Waals surface area (Å²) in [7, 11) is 0. The molecule has 1 rings (SSSR count). The highest BCUT2D eigenvalue weighted by molar-refractivity contribution is 5.96. The Balaban J connectivity index is 2.07. The van der Waals surface area contributed by atoms with Crippen molar-refractivity contribution < 1.29 is 28.6 Å². The molecule has 0 aromatic heterocycles. The molecule has 3 amide bonds. The smallest absolute Gasteiger partial charge is 0.319 e. The minimum absolute atomic E-state index is 0.0466. The van der Waals surface area contributed by atoms with Gasteiger partial charge in [0.2, 0.25) is 0 Å². The van der Waals surface area contributed by atoms with E-state index in [1.807, 2.05) is 0 Å². The standard InChI is InChI=1S/C19H28N6O6/c1-15(26)14-22-19(28)24-17-4-2-16(3-5-17)18(27)21-6-8-29-10-12-31-13-11-30-9-7-23-25-20/h2-5H,6-14H2,1H3,(H,21,27)(H2,22,24,28). The number of nitrogens with zero attached hydrogens (tertiary/aromatic N) is 3. The molecule has 0 atom stereocenters. The van der Waals surface area contributed by atoms with Crippen molar-refractivity contribution in [2.75, 3.05) is 64.6 Å². The summed E-state index contributed by atoms with van der Waals surface area (Å²) in [6.07, 6.45) is 0. The monoisotopic (exact) mass is 436 g/mol.